The summed E-state index contributed by atoms with van der Waals surface area (Å²) in [5, 5.41) is 9.47. The first-order chi connectivity index (χ1) is 4.86. The molecule has 0 heterocycles. The maximum atomic E-state index is 9.47. The van der Waals surface area contributed by atoms with Crippen LogP contribution >= 0.6 is 0 Å². The molecule has 0 aromatic carbocycles. The Morgan fingerprint density at radius 3 is 3.00 bits per heavy atom. The lowest BCUT2D eigenvalue weighted by molar-refractivity contribution is 0.0663. The molecule has 0 aromatic heterocycles. The van der Waals surface area contributed by atoms with Gasteiger partial charge in [-0.1, -0.05) is 12.2 Å². The highest BCUT2D eigenvalue weighted by Crippen LogP contribution is 2.35. The Bertz CT molecular complexity index is 151. The van der Waals surface area contributed by atoms with Gasteiger partial charge in [-0.2, -0.15) is 0 Å². The number of aliphatic hydroxyl groups excluding tert-OH is 1. The summed E-state index contributed by atoms with van der Waals surface area (Å²) in [6.45, 7) is 0. The summed E-state index contributed by atoms with van der Waals surface area (Å²) in [6.07, 6.45) is 9.15. The van der Waals surface area contributed by atoms with E-state index >= 15 is 0 Å². The van der Waals surface area contributed by atoms with Gasteiger partial charge < -0.3 is 5.11 Å². The van der Waals surface area contributed by atoms with Crippen LogP contribution in [0.3, 0.4) is 0 Å². The minimum atomic E-state index is -0.0344. The van der Waals surface area contributed by atoms with E-state index in [2.05, 4.69) is 12.2 Å². The van der Waals surface area contributed by atoms with Gasteiger partial charge in [0.15, 0.2) is 0 Å². The summed E-state index contributed by atoms with van der Waals surface area (Å²) in [4.78, 5) is 0. The molecular weight excluding hydrogens is 124 g/mol. The van der Waals surface area contributed by atoms with Crippen LogP contribution in [0.1, 0.15) is 25.7 Å². The second-order valence-corrected chi connectivity index (χ2v) is 3.57. The highest BCUT2D eigenvalue weighted by atomic mass is 16.3. The zero-order valence-corrected chi connectivity index (χ0v) is 6.16. The van der Waals surface area contributed by atoms with Gasteiger partial charge in [0, 0.05) is 5.92 Å². The maximum absolute atomic E-state index is 9.47. The highest BCUT2D eigenvalue weighted by molar-refractivity contribution is 5.01. The molecule has 2 rings (SSSR count). The monoisotopic (exact) mass is 138 g/mol. The zero-order valence-electron chi connectivity index (χ0n) is 6.16. The lowest BCUT2D eigenvalue weighted by Gasteiger charge is -2.34. The third-order valence-electron chi connectivity index (χ3n) is 2.82. The summed E-state index contributed by atoms with van der Waals surface area (Å²) in [7, 11) is 0. The lowest BCUT2D eigenvalue weighted by Crippen LogP contribution is -2.29. The minimum Gasteiger partial charge on any atom is -0.393 e. The van der Waals surface area contributed by atoms with Crippen LogP contribution in [0.5, 0.6) is 0 Å². The fraction of sp³-hybridized carbons (Fsp3) is 0.778. The predicted octanol–water partition coefficient (Wildman–Crippen LogP) is 1.72. The SMILES string of the molecule is O[C@@H]1CC[C@H]2CC=C[C@@H]1C2. The van der Waals surface area contributed by atoms with Crippen LogP contribution in [0.2, 0.25) is 0 Å². The molecule has 0 aromatic rings. The molecule has 0 radical (unpaired) electrons. The van der Waals surface area contributed by atoms with E-state index in [9.17, 15) is 5.11 Å². The molecule has 1 heteroatoms. The van der Waals surface area contributed by atoms with Gasteiger partial charge in [0.25, 0.3) is 0 Å². The molecule has 0 aliphatic heterocycles. The molecule has 0 spiro atoms. The Balaban J connectivity index is 2.12. The van der Waals surface area contributed by atoms with Gasteiger partial charge in [-0.25, -0.2) is 0 Å². The third-order valence-corrected chi connectivity index (χ3v) is 2.82. The van der Waals surface area contributed by atoms with Crippen LogP contribution in [0.4, 0.5) is 0 Å². The molecule has 0 saturated heterocycles. The number of hydrogen-bond donors (Lipinski definition) is 1. The minimum absolute atomic E-state index is 0.0344. The first-order valence-electron chi connectivity index (χ1n) is 4.21. The van der Waals surface area contributed by atoms with Gasteiger partial charge >= 0.3 is 0 Å². The first-order valence-corrected chi connectivity index (χ1v) is 4.21. The molecule has 0 unspecified atom stereocenters. The number of rotatable bonds is 0. The van der Waals surface area contributed by atoms with Crippen LogP contribution < -0.4 is 0 Å². The Labute approximate surface area is 61.8 Å². The van der Waals surface area contributed by atoms with Crippen molar-refractivity contribution >= 4 is 0 Å². The standard InChI is InChI=1S/C9H14O/c10-9-5-4-7-2-1-3-8(9)6-7/h1,3,7-10H,2,4-6H2/t7-,8-,9-/m1/s1. The highest BCUT2D eigenvalue weighted by Gasteiger charge is 2.28. The van der Waals surface area contributed by atoms with Crippen molar-refractivity contribution in [3.63, 3.8) is 0 Å². The van der Waals surface area contributed by atoms with Crippen molar-refractivity contribution < 1.29 is 5.11 Å². The quantitative estimate of drug-likeness (QED) is 0.505. The molecule has 1 fully saturated rings. The average Bonchev–Trinajstić information content (AvgIpc) is 1.99. The molecule has 1 saturated carbocycles. The molecule has 2 aliphatic carbocycles. The van der Waals surface area contributed by atoms with E-state index in [0.29, 0.717) is 5.92 Å². The molecule has 2 bridgehead atoms. The molecule has 1 nitrogen and oxygen atoms in total. The van der Waals surface area contributed by atoms with Gasteiger partial charge in [-0.05, 0) is 31.6 Å². The summed E-state index contributed by atoms with van der Waals surface area (Å²) in [5.41, 5.74) is 0. The van der Waals surface area contributed by atoms with E-state index in [0.717, 1.165) is 12.3 Å². The van der Waals surface area contributed by atoms with Gasteiger partial charge in [-0.3, -0.25) is 0 Å². The van der Waals surface area contributed by atoms with E-state index < -0.39 is 0 Å². The number of allylic oxidation sites excluding steroid dienone is 1. The zero-order chi connectivity index (χ0) is 6.97. The van der Waals surface area contributed by atoms with Crippen molar-refractivity contribution in [1.29, 1.82) is 0 Å². The molecule has 1 N–H and O–H groups in total. The fourth-order valence-electron chi connectivity index (χ4n) is 2.15. The van der Waals surface area contributed by atoms with Crippen molar-refractivity contribution in [2.75, 3.05) is 0 Å². The maximum Gasteiger partial charge on any atom is 0.0603 e. The summed E-state index contributed by atoms with van der Waals surface area (Å²) in [5.74, 6) is 1.38. The molecular formula is C9H14O. The molecule has 2 aliphatic rings. The Morgan fingerprint density at radius 1 is 1.30 bits per heavy atom. The van der Waals surface area contributed by atoms with Crippen LogP contribution in [-0.2, 0) is 0 Å². The first kappa shape index (κ1) is 6.41. The number of hydrogen-bond acceptors (Lipinski definition) is 1. The molecule has 10 heavy (non-hydrogen) atoms. The molecule has 0 amide bonds. The van der Waals surface area contributed by atoms with Gasteiger partial charge in [0.1, 0.15) is 0 Å². The predicted molar refractivity (Wildman–Crippen MR) is 40.6 cm³/mol. The third kappa shape index (κ3) is 0.988. The average molecular weight is 138 g/mol. The van der Waals surface area contributed by atoms with Crippen LogP contribution in [-0.4, -0.2) is 11.2 Å². The van der Waals surface area contributed by atoms with Gasteiger partial charge in [-0.15, -0.1) is 0 Å². The van der Waals surface area contributed by atoms with Crippen LogP contribution in [0.25, 0.3) is 0 Å². The largest absolute Gasteiger partial charge is 0.393 e. The van der Waals surface area contributed by atoms with Crippen LogP contribution in [0, 0.1) is 11.8 Å². The van der Waals surface area contributed by atoms with Gasteiger partial charge in [0.05, 0.1) is 6.10 Å². The summed E-state index contributed by atoms with van der Waals surface area (Å²) in [6, 6.07) is 0. The molecule has 56 valence electrons. The van der Waals surface area contributed by atoms with Crippen molar-refractivity contribution in [3.8, 4) is 0 Å². The number of fused-ring (bicyclic) bond motifs is 2. The summed E-state index contributed by atoms with van der Waals surface area (Å²) >= 11 is 0. The van der Waals surface area contributed by atoms with E-state index in [4.69, 9.17) is 0 Å². The second-order valence-electron chi connectivity index (χ2n) is 3.57. The van der Waals surface area contributed by atoms with E-state index in [1.807, 2.05) is 0 Å². The Hall–Kier alpha value is -0.300. The smallest absolute Gasteiger partial charge is 0.0603 e. The second kappa shape index (κ2) is 2.39. The normalized spacial score (nSPS) is 45.5. The van der Waals surface area contributed by atoms with E-state index in [-0.39, 0.29) is 6.10 Å². The summed E-state index contributed by atoms with van der Waals surface area (Å²) < 4.78 is 0. The van der Waals surface area contributed by atoms with Crippen molar-refractivity contribution in [3.05, 3.63) is 12.2 Å². The van der Waals surface area contributed by atoms with Crippen LogP contribution in [0.15, 0.2) is 12.2 Å². The topological polar surface area (TPSA) is 20.2 Å². The fourth-order valence-corrected chi connectivity index (χ4v) is 2.15. The van der Waals surface area contributed by atoms with E-state index in [1.165, 1.54) is 19.3 Å². The number of aliphatic hydroxyl groups is 1. The van der Waals surface area contributed by atoms with Crippen molar-refractivity contribution in [2.24, 2.45) is 11.8 Å². The lowest BCUT2D eigenvalue weighted by atomic mass is 9.74. The van der Waals surface area contributed by atoms with Crippen molar-refractivity contribution in [1.82, 2.24) is 0 Å². The van der Waals surface area contributed by atoms with E-state index in [1.54, 1.807) is 0 Å². The Morgan fingerprint density at radius 2 is 2.20 bits per heavy atom. The van der Waals surface area contributed by atoms with Crippen molar-refractivity contribution in [2.45, 2.75) is 31.8 Å². The Kier molecular flexibility index (Phi) is 1.53. The molecule has 3 atom stereocenters. The van der Waals surface area contributed by atoms with Gasteiger partial charge in [0.2, 0.25) is 0 Å².